The summed E-state index contributed by atoms with van der Waals surface area (Å²) in [5, 5.41) is 8.01. The van der Waals surface area contributed by atoms with Crippen molar-refractivity contribution in [3.05, 3.63) is 53.6 Å². The first-order valence-electron chi connectivity index (χ1n) is 20.7. The highest BCUT2D eigenvalue weighted by Crippen LogP contribution is 2.76. The number of nitrogens with one attached hydrogen (secondary N) is 2. The number of hydrogen-bond acceptors (Lipinski definition) is 5. The number of benzene rings is 1. The van der Waals surface area contributed by atoms with Crippen LogP contribution >= 0.6 is 0 Å². The Morgan fingerprint density at radius 2 is 1.69 bits per heavy atom. The fourth-order valence-electron chi connectivity index (χ4n) is 14.5. The molecule has 6 nitrogen and oxygen atoms in total. The van der Waals surface area contributed by atoms with Gasteiger partial charge in [-0.05, 0) is 152 Å². The largest absolute Gasteiger partial charge is 0.465 e. The second kappa shape index (κ2) is 14.0. The fraction of sp³-hybridized carbons (Fsp3) is 0.756. The van der Waals surface area contributed by atoms with Crippen LogP contribution in [0.15, 0.2) is 42.5 Å². The maximum absolute atomic E-state index is 12.2. The Labute approximate surface area is 318 Å². The predicted octanol–water partition coefficient (Wildman–Crippen LogP) is 8.81. The van der Waals surface area contributed by atoms with E-state index in [2.05, 4.69) is 81.3 Å². The molecule has 1 unspecified atom stereocenters. The van der Waals surface area contributed by atoms with Crippen molar-refractivity contribution in [3.8, 4) is 0 Å². The van der Waals surface area contributed by atoms with E-state index in [4.69, 9.17) is 4.74 Å². The van der Waals surface area contributed by atoms with Gasteiger partial charge in [-0.2, -0.15) is 0 Å². The highest BCUT2D eigenvalue weighted by atomic mass is 32.2. The number of carbonyl (C=O) groups excluding carboxylic acids is 1. The number of methoxy groups -OCH3 is 1. The molecule has 1 aromatic carbocycles. The zero-order chi connectivity index (χ0) is 37.3. The van der Waals surface area contributed by atoms with E-state index in [1.165, 1.54) is 75.2 Å². The molecule has 4 saturated carbocycles. The molecule has 1 saturated heterocycles. The van der Waals surface area contributed by atoms with E-state index in [1.54, 1.807) is 0 Å². The van der Waals surface area contributed by atoms with Crippen LogP contribution in [0.4, 0.5) is 0 Å². The van der Waals surface area contributed by atoms with Crippen LogP contribution in [0.2, 0.25) is 0 Å². The summed E-state index contributed by atoms with van der Waals surface area (Å²) in [6.45, 7) is 24.0. The van der Waals surface area contributed by atoms with E-state index >= 15 is 0 Å². The molecular weight excluding hydrogens is 663 g/mol. The molecule has 6 aliphatic rings. The predicted molar refractivity (Wildman–Crippen MR) is 215 cm³/mol. The zero-order valence-electron chi connectivity index (χ0n) is 33.7. The molecule has 7 rings (SSSR count). The molecule has 5 fully saturated rings. The normalized spacial score (nSPS) is 41.6. The van der Waals surface area contributed by atoms with Crippen molar-refractivity contribution in [1.29, 1.82) is 0 Å². The highest BCUT2D eigenvalue weighted by molar-refractivity contribution is 7.81. The summed E-state index contributed by atoms with van der Waals surface area (Å²) in [7, 11) is 0.573. The van der Waals surface area contributed by atoms with Crippen LogP contribution in [-0.4, -0.2) is 65.6 Å². The van der Waals surface area contributed by atoms with Gasteiger partial charge in [0.1, 0.15) is 0 Å². The number of ether oxygens (including phenoxy) is 1. The van der Waals surface area contributed by atoms with Gasteiger partial charge in [-0.1, -0.05) is 65.0 Å². The Morgan fingerprint density at radius 3 is 2.38 bits per heavy atom. The molecule has 288 valence electrons. The van der Waals surface area contributed by atoms with Gasteiger partial charge in [0.2, 0.25) is 0 Å². The van der Waals surface area contributed by atoms with Gasteiger partial charge in [0.15, 0.2) is 0 Å². The SMILES string of the molecule is C=C(C)[C@@H]1CC[C@]2(NCCNC[C@@H]3CCCN3S(C)=O)CC[C@]3(C)[C@H](CC[C@@H]4[C@@]5(C)CC=C(c6ccc(C(=O)OC)cc6)C(C)(C)[C@@H]5CC[C@]43C)[C@@H]12. The molecular formula is C45H69N3O3S. The fourth-order valence-corrected chi connectivity index (χ4v) is 15.5. The minimum Gasteiger partial charge on any atom is -0.465 e. The quantitative estimate of drug-likeness (QED) is 0.143. The van der Waals surface area contributed by atoms with Crippen molar-refractivity contribution in [2.45, 2.75) is 124 Å². The zero-order valence-corrected chi connectivity index (χ0v) is 34.6. The van der Waals surface area contributed by atoms with E-state index in [0.29, 0.717) is 46.1 Å². The average Bonchev–Trinajstić information content (AvgIpc) is 3.74. The summed E-state index contributed by atoms with van der Waals surface area (Å²) in [5.74, 6) is 3.04. The maximum Gasteiger partial charge on any atom is 0.337 e. The van der Waals surface area contributed by atoms with Gasteiger partial charge in [-0.3, -0.25) is 0 Å². The lowest BCUT2D eigenvalue weighted by Gasteiger charge is -2.72. The Bertz CT molecular complexity index is 1590. The van der Waals surface area contributed by atoms with Gasteiger partial charge in [-0.15, -0.1) is 0 Å². The van der Waals surface area contributed by atoms with E-state index in [9.17, 15) is 9.00 Å². The Balaban J connectivity index is 1.10. The molecule has 0 radical (unpaired) electrons. The van der Waals surface area contributed by atoms with Crippen molar-refractivity contribution < 1.29 is 13.7 Å². The summed E-state index contributed by atoms with van der Waals surface area (Å²) in [6.07, 6.45) is 18.3. The second-order valence-corrected chi connectivity index (χ2v) is 20.8. The molecule has 0 bridgehead atoms. The number of allylic oxidation sites excluding steroid dienone is 3. The molecule has 1 aliphatic heterocycles. The summed E-state index contributed by atoms with van der Waals surface area (Å²) < 4.78 is 19.4. The number of esters is 1. The monoisotopic (exact) mass is 732 g/mol. The van der Waals surface area contributed by atoms with Crippen molar-refractivity contribution in [3.63, 3.8) is 0 Å². The van der Waals surface area contributed by atoms with Gasteiger partial charge >= 0.3 is 5.97 Å². The van der Waals surface area contributed by atoms with Crippen LogP contribution in [0, 0.1) is 51.2 Å². The topological polar surface area (TPSA) is 70.7 Å². The smallest absolute Gasteiger partial charge is 0.337 e. The molecule has 0 spiro atoms. The Kier molecular flexibility index (Phi) is 10.4. The van der Waals surface area contributed by atoms with Gasteiger partial charge < -0.3 is 15.4 Å². The minimum atomic E-state index is -0.878. The van der Waals surface area contributed by atoms with Crippen molar-refractivity contribution in [1.82, 2.24) is 14.9 Å². The molecule has 1 aromatic rings. The van der Waals surface area contributed by atoms with Crippen LogP contribution in [0.3, 0.4) is 0 Å². The third-order valence-electron chi connectivity index (χ3n) is 17.1. The van der Waals surface area contributed by atoms with E-state index < -0.39 is 11.0 Å². The standard InChI is InChI=1S/C45H69N3O3S/c1-30(2)34-18-23-45(47-27-26-46-29-33-11-10-28-48(33)52(9)50)25-24-43(6)36(39(34)45)16-17-38-42(5)21-19-35(31-12-14-32(15-13-31)40(49)51-8)41(3,4)37(42)20-22-44(38,43)7/h12-15,19,33-34,36-39,46-47H,1,10-11,16-18,20-29H2,2-9H3/t33-,34-,36+,37-,38+,39+,42-,43+,44+,45-,52?/m0/s1. The summed E-state index contributed by atoms with van der Waals surface area (Å²) in [5.41, 5.74) is 5.87. The van der Waals surface area contributed by atoms with Crippen LogP contribution in [0.25, 0.3) is 5.57 Å². The molecule has 5 aliphatic carbocycles. The first kappa shape index (κ1) is 38.5. The Morgan fingerprint density at radius 1 is 0.942 bits per heavy atom. The van der Waals surface area contributed by atoms with Gasteiger partial charge in [0.05, 0.1) is 23.7 Å². The van der Waals surface area contributed by atoms with Crippen molar-refractivity contribution >= 4 is 22.5 Å². The first-order chi connectivity index (χ1) is 24.6. The second-order valence-electron chi connectivity index (χ2n) is 19.4. The number of rotatable bonds is 10. The maximum atomic E-state index is 12.2. The molecule has 11 atom stereocenters. The number of carbonyl (C=O) groups is 1. The molecule has 2 N–H and O–H groups in total. The minimum absolute atomic E-state index is 0.0543. The average molecular weight is 732 g/mol. The lowest BCUT2D eigenvalue weighted by atomic mass is 9.33. The van der Waals surface area contributed by atoms with Crippen LogP contribution in [-0.2, 0) is 15.7 Å². The summed E-state index contributed by atoms with van der Waals surface area (Å²) in [4.78, 5) is 12.2. The molecule has 0 amide bonds. The van der Waals surface area contributed by atoms with Gasteiger partial charge in [0, 0.05) is 44.0 Å². The van der Waals surface area contributed by atoms with Gasteiger partial charge in [0.25, 0.3) is 0 Å². The summed E-state index contributed by atoms with van der Waals surface area (Å²) >= 11 is 0. The van der Waals surface area contributed by atoms with Crippen LogP contribution in [0.1, 0.15) is 128 Å². The molecule has 52 heavy (non-hydrogen) atoms. The van der Waals surface area contributed by atoms with Crippen LogP contribution < -0.4 is 10.6 Å². The third-order valence-corrected chi connectivity index (χ3v) is 18.2. The van der Waals surface area contributed by atoms with E-state index in [0.717, 1.165) is 51.4 Å². The molecule has 1 heterocycles. The number of fused-ring (bicyclic) bond motifs is 7. The van der Waals surface area contributed by atoms with Crippen LogP contribution in [0.5, 0.6) is 0 Å². The highest BCUT2D eigenvalue weighted by Gasteiger charge is 2.70. The third kappa shape index (κ3) is 5.96. The Hall–Kier alpha value is -1.80. The van der Waals surface area contributed by atoms with E-state index in [1.807, 2.05) is 18.4 Å². The number of hydrogen-bond donors (Lipinski definition) is 2. The van der Waals surface area contributed by atoms with Crippen molar-refractivity contribution in [2.75, 3.05) is 39.5 Å². The first-order valence-corrected chi connectivity index (χ1v) is 22.3. The lowest BCUT2D eigenvalue weighted by molar-refractivity contribution is -0.219. The lowest BCUT2D eigenvalue weighted by Crippen LogP contribution is -2.68. The van der Waals surface area contributed by atoms with E-state index in [-0.39, 0.29) is 22.3 Å². The molecule has 7 heteroatoms. The van der Waals surface area contributed by atoms with Gasteiger partial charge in [-0.25, -0.2) is 13.3 Å². The number of nitrogens with zero attached hydrogens (tertiary/aromatic N) is 1. The van der Waals surface area contributed by atoms with Crippen molar-refractivity contribution in [2.24, 2.45) is 51.2 Å². The summed E-state index contributed by atoms with van der Waals surface area (Å²) in [6, 6.07) is 8.54. The molecule has 0 aromatic heterocycles.